The predicted molar refractivity (Wildman–Crippen MR) is 58.4 cm³/mol. The Hall–Kier alpha value is -0.0800. The highest BCUT2D eigenvalue weighted by atomic mass is 16.5. The molecule has 2 atom stereocenters. The maximum absolute atomic E-state index is 5.29. The quantitative estimate of drug-likeness (QED) is 0.750. The molecule has 0 saturated heterocycles. The molecule has 82 valence electrons. The molecule has 2 heteroatoms. The van der Waals surface area contributed by atoms with Crippen molar-refractivity contribution in [3.05, 3.63) is 0 Å². The van der Waals surface area contributed by atoms with Crippen molar-refractivity contribution < 1.29 is 4.74 Å². The molecule has 2 saturated carbocycles. The van der Waals surface area contributed by atoms with Crippen LogP contribution in [0.25, 0.3) is 0 Å². The fourth-order valence-corrected chi connectivity index (χ4v) is 2.81. The fraction of sp³-hybridized carbons (Fsp3) is 1.00. The fourth-order valence-electron chi connectivity index (χ4n) is 2.81. The van der Waals surface area contributed by atoms with Crippen molar-refractivity contribution in [2.45, 2.75) is 63.6 Å². The van der Waals surface area contributed by atoms with E-state index in [2.05, 4.69) is 12.2 Å². The zero-order valence-corrected chi connectivity index (χ0v) is 9.46. The van der Waals surface area contributed by atoms with Crippen LogP contribution in [0.1, 0.15) is 45.4 Å². The summed E-state index contributed by atoms with van der Waals surface area (Å²) in [6, 6.07) is 1.54. The largest absolute Gasteiger partial charge is 0.381 e. The van der Waals surface area contributed by atoms with Gasteiger partial charge in [-0.15, -0.1) is 0 Å². The van der Waals surface area contributed by atoms with Gasteiger partial charge in [0.15, 0.2) is 0 Å². The van der Waals surface area contributed by atoms with Crippen molar-refractivity contribution in [3.8, 4) is 0 Å². The van der Waals surface area contributed by atoms with Crippen molar-refractivity contribution in [3.63, 3.8) is 0 Å². The van der Waals surface area contributed by atoms with Gasteiger partial charge in [-0.05, 0) is 31.6 Å². The van der Waals surface area contributed by atoms with Crippen LogP contribution in [-0.4, -0.2) is 25.3 Å². The first kappa shape index (κ1) is 10.4. The Morgan fingerprint density at radius 2 is 1.86 bits per heavy atom. The molecule has 2 nitrogen and oxygen atoms in total. The van der Waals surface area contributed by atoms with E-state index in [0.29, 0.717) is 6.10 Å². The molecule has 0 spiro atoms. The zero-order chi connectivity index (χ0) is 9.97. The second kappa shape index (κ2) is 4.63. The van der Waals surface area contributed by atoms with Gasteiger partial charge in [-0.3, -0.25) is 0 Å². The number of nitrogens with one attached hydrogen (secondary N) is 1. The molecule has 2 rings (SSSR count). The van der Waals surface area contributed by atoms with Gasteiger partial charge < -0.3 is 10.1 Å². The Morgan fingerprint density at radius 1 is 1.07 bits per heavy atom. The van der Waals surface area contributed by atoms with E-state index in [4.69, 9.17) is 4.74 Å². The van der Waals surface area contributed by atoms with Crippen LogP contribution in [0.15, 0.2) is 0 Å². The Bertz CT molecular complexity index is 177. The molecule has 0 amide bonds. The smallest absolute Gasteiger partial charge is 0.0601 e. The summed E-state index contributed by atoms with van der Waals surface area (Å²) in [6.07, 6.45) is 8.60. The van der Waals surface area contributed by atoms with Gasteiger partial charge in [0, 0.05) is 19.2 Å². The molecule has 0 aromatic rings. The molecule has 2 unspecified atom stereocenters. The summed E-state index contributed by atoms with van der Waals surface area (Å²) in [5.41, 5.74) is 0. The van der Waals surface area contributed by atoms with Crippen LogP contribution in [-0.2, 0) is 4.74 Å². The summed E-state index contributed by atoms with van der Waals surface area (Å²) >= 11 is 0. The molecule has 2 fully saturated rings. The molecule has 2 aliphatic rings. The highest BCUT2D eigenvalue weighted by molar-refractivity contribution is 4.89. The van der Waals surface area contributed by atoms with Crippen molar-refractivity contribution in [1.29, 1.82) is 0 Å². The molecule has 14 heavy (non-hydrogen) atoms. The molecule has 0 heterocycles. The van der Waals surface area contributed by atoms with Gasteiger partial charge in [0.05, 0.1) is 6.10 Å². The van der Waals surface area contributed by atoms with E-state index in [-0.39, 0.29) is 0 Å². The van der Waals surface area contributed by atoms with Gasteiger partial charge in [-0.25, -0.2) is 0 Å². The van der Waals surface area contributed by atoms with Gasteiger partial charge in [0.1, 0.15) is 0 Å². The van der Waals surface area contributed by atoms with Gasteiger partial charge in [0.25, 0.3) is 0 Å². The minimum atomic E-state index is 0.536. The van der Waals surface area contributed by atoms with Gasteiger partial charge >= 0.3 is 0 Å². The average Bonchev–Trinajstić information content (AvgIpc) is 2.10. The van der Waals surface area contributed by atoms with Gasteiger partial charge in [-0.1, -0.05) is 19.8 Å². The normalized spacial score (nSPS) is 43.3. The van der Waals surface area contributed by atoms with E-state index in [9.17, 15) is 0 Å². The highest BCUT2D eigenvalue weighted by Crippen LogP contribution is 2.28. The first-order chi connectivity index (χ1) is 6.78. The first-order valence-electron chi connectivity index (χ1n) is 6.06. The van der Waals surface area contributed by atoms with Crippen molar-refractivity contribution in [2.24, 2.45) is 5.92 Å². The van der Waals surface area contributed by atoms with E-state index >= 15 is 0 Å². The molecule has 0 bridgehead atoms. The van der Waals surface area contributed by atoms with Crippen LogP contribution in [0, 0.1) is 5.92 Å². The third-order valence-electron chi connectivity index (χ3n) is 3.84. The molecule has 0 aromatic carbocycles. The third kappa shape index (κ3) is 2.48. The molecule has 2 aliphatic carbocycles. The van der Waals surface area contributed by atoms with Crippen LogP contribution in [0.5, 0.6) is 0 Å². The lowest BCUT2D eigenvalue weighted by atomic mass is 9.83. The van der Waals surface area contributed by atoms with E-state index in [1.165, 1.54) is 38.5 Å². The summed E-state index contributed by atoms with van der Waals surface area (Å²) < 4.78 is 5.29. The van der Waals surface area contributed by atoms with Gasteiger partial charge in [0.2, 0.25) is 0 Å². The van der Waals surface area contributed by atoms with Crippen LogP contribution in [0.4, 0.5) is 0 Å². The second-order valence-electron chi connectivity index (χ2n) is 5.16. The highest BCUT2D eigenvalue weighted by Gasteiger charge is 2.31. The van der Waals surface area contributed by atoms with Gasteiger partial charge in [-0.2, -0.15) is 0 Å². The Kier molecular flexibility index (Phi) is 3.45. The van der Waals surface area contributed by atoms with E-state index in [0.717, 1.165) is 18.0 Å². The molecule has 0 aliphatic heterocycles. The summed E-state index contributed by atoms with van der Waals surface area (Å²) in [5.74, 6) is 0.930. The number of hydrogen-bond acceptors (Lipinski definition) is 2. The molecule has 1 N–H and O–H groups in total. The van der Waals surface area contributed by atoms with Crippen molar-refractivity contribution >= 4 is 0 Å². The lowest BCUT2D eigenvalue weighted by Crippen LogP contribution is -2.50. The Balaban J connectivity index is 1.66. The van der Waals surface area contributed by atoms with E-state index in [1.807, 2.05) is 7.11 Å². The first-order valence-corrected chi connectivity index (χ1v) is 6.06. The molecular formula is C12H23NO. The monoisotopic (exact) mass is 197 g/mol. The number of methoxy groups -OCH3 is 1. The van der Waals surface area contributed by atoms with Crippen molar-refractivity contribution in [2.75, 3.05) is 7.11 Å². The summed E-state index contributed by atoms with van der Waals surface area (Å²) in [4.78, 5) is 0. The standard InChI is InChI=1S/C12H23NO/c1-9-4-3-5-10(6-9)13-11-7-12(8-11)14-2/h9-13H,3-8H2,1-2H3. The maximum atomic E-state index is 5.29. The third-order valence-corrected chi connectivity index (χ3v) is 3.84. The van der Waals surface area contributed by atoms with Crippen LogP contribution in [0.3, 0.4) is 0 Å². The topological polar surface area (TPSA) is 21.3 Å². The molecular weight excluding hydrogens is 174 g/mol. The minimum absolute atomic E-state index is 0.536. The number of hydrogen-bond donors (Lipinski definition) is 1. The molecule has 0 radical (unpaired) electrons. The Morgan fingerprint density at radius 3 is 2.50 bits per heavy atom. The summed E-state index contributed by atoms with van der Waals surface area (Å²) in [6.45, 7) is 2.38. The van der Waals surface area contributed by atoms with Crippen molar-refractivity contribution in [1.82, 2.24) is 5.32 Å². The summed E-state index contributed by atoms with van der Waals surface area (Å²) in [5, 5.41) is 3.77. The second-order valence-corrected chi connectivity index (χ2v) is 5.16. The lowest BCUT2D eigenvalue weighted by Gasteiger charge is -2.39. The lowest BCUT2D eigenvalue weighted by molar-refractivity contribution is 0.0120. The SMILES string of the molecule is COC1CC(NC2CCCC(C)C2)C1. The van der Waals surface area contributed by atoms with E-state index in [1.54, 1.807) is 0 Å². The van der Waals surface area contributed by atoms with Crippen LogP contribution >= 0.6 is 0 Å². The summed E-state index contributed by atoms with van der Waals surface area (Å²) in [7, 11) is 1.82. The minimum Gasteiger partial charge on any atom is -0.381 e. The zero-order valence-electron chi connectivity index (χ0n) is 9.46. The molecule has 0 aromatic heterocycles. The van der Waals surface area contributed by atoms with E-state index < -0.39 is 0 Å². The Labute approximate surface area is 87.4 Å². The maximum Gasteiger partial charge on any atom is 0.0601 e. The predicted octanol–water partition coefficient (Wildman–Crippen LogP) is 2.33. The number of ether oxygens (including phenoxy) is 1. The number of rotatable bonds is 3. The van der Waals surface area contributed by atoms with Crippen LogP contribution < -0.4 is 5.32 Å². The van der Waals surface area contributed by atoms with Crippen LogP contribution in [0.2, 0.25) is 0 Å². The average molecular weight is 197 g/mol.